The average Bonchev–Trinajstić information content (AvgIpc) is 2.42. The summed E-state index contributed by atoms with van der Waals surface area (Å²) in [7, 11) is 0. The summed E-state index contributed by atoms with van der Waals surface area (Å²) >= 11 is 0. The maximum atomic E-state index is 2.48. The van der Waals surface area contributed by atoms with Crippen LogP contribution in [0.5, 0.6) is 0 Å². The molecule has 0 aromatic rings. The van der Waals surface area contributed by atoms with Gasteiger partial charge in [0, 0.05) is 0 Å². The SMILES string of the molecule is CC.CC.CC(C)C1CCC2=CCCC=C2C1. The second kappa shape index (κ2) is 9.50. The third kappa shape index (κ3) is 5.10. The van der Waals surface area contributed by atoms with Crippen molar-refractivity contribution >= 4 is 0 Å². The maximum Gasteiger partial charge on any atom is -0.0248 e. The molecule has 0 heterocycles. The van der Waals surface area contributed by atoms with E-state index in [0.717, 1.165) is 11.8 Å². The molecule has 17 heavy (non-hydrogen) atoms. The van der Waals surface area contributed by atoms with Crippen molar-refractivity contribution in [2.45, 2.75) is 73.6 Å². The highest BCUT2D eigenvalue weighted by Crippen LogP contribution is 2.38. The highest BCUT2D eigenvalue weighted by atomic mass is 14.3. The van der Waals surface area contributed by atoms with Crippen LogP contribution in [0.3, 0.4) is 0 Å². The smallest absolute Gasteiger partial charge is 0.0248 e. The van der Waals surface area contributed by atoms with Crippen molar-refractivity contribution in [1.82, 2.24) is 0 Å². The monoisotopic (exact) mass is 236 g/mol. The number of hydrogen-bond acceptors (Lipinski definition) is 0. The summed E-state index contributed by atoms with van der Waals surface area (Å²) in [5.74, 6) is 1.81. The molecule has 0 N–H and O–H groups in total. The van der Waals surface area contributed by atoms with Crippen LogP contribution >= 0.6 is 0 Å². The van der Waals surface area contributed by atoms with Gasteiger partial charge in [0.15, 0.2) is 0 Å². The van der Waals surface area contributed by atoms with Gasteiger partial charge in [0.25, 0.3) is 0 Å². The Morgan fingerprint density at radius 1 is 0.941 bits per heavy atom. The van der Waals surface area contributed by atoms with E-state index in [9.17, 15) is 0 Å². The lowest BCUT2D eigenvalue weighted by atomic mass is 9.75. The summed E-state index contributed by atoms with van der Waals surface area (Å²) in [6, 6.07) is 0. The van der Waals surface area contributed by atoms with E-state index in [1.165, 1.54) is 32.1 Å². The molecule has 1 saturated carbocycles. The molecule has 2 aliphatic rings. The van der Waals surface area contributed by atoms with E-state index in [0.29, 0.717) is 0 Å². The fourth-order valence-electron chi connectivity index (χ4n) is 2.55. The lowest BCUT2D eigenvalue weighted by Gasteiger charge is -2.30. The molecule has 0 aliphatic heterocycles. The molecule has 1 unspecified atom stereocenters. The summed E-state index contributed by atoms with van der Waals surface area (Å²) in [6.45, 7) is 12.7. The maximum absolute atomic E-state index is 2.48. The van der Waals surface area contributed by atoms with Gasteiger partial charge in [-0.2, -0.15) is 0 Å². The fraction of sp³-hybridized carbons (Fsp3) is 0.765. The minimum Gasteiger partial charge on any atom is -0.0807 e. The summed E-state index contributed by atoms with van der Waals surface area (Å²) in [5, 5.41) is 0. The molecule has 1 fully saturated rings. The summed E-state index contributed by atoms with van der Waals surface area (Å²) < 4.78 is 0. The van der Waals surface area contributed by atoms with E-state index in [2.05, 4.69) is 26.0 Å². The van der Waals surface area contributed by atoms with E-state index < -0.39 is 0 Å². The van der Waals surface area contributed by atoms with Crippen LogP contribution in [0, 0.1) is 11.8 Å². The van der Waals surface area contributed by atoms with Gasteiger partial charge in [-0.15, -0.1) is 0 Å². The van der Waals surface area contributed by atoms with Gasteiger partial charge in [-0.1, -0.05) is 53.7 Å². The predicted octanol–water partition coefficient (Wildman–Crippen LogP) is 6.14. The summed E-state index contributed by atoms with van der Waals surface area (Å²) in [4.78, 5) is 0. The highest BCUT2D eigenvalue weighted by molar-refractivity contribution is 5.35. The molecule has 0 radical (unpaired) electrons. The van der Waals surface area contributed by atoms with Gasteiger partial charge in [0.05, 0.1) is 0 Å². The molecule has 2 rings (SSSR count). The van der Waals surface area contributed by atoms with Crippen LogP contribution in [-0.2, 0) is 0 Å². The standard InChI is InChI=1S/C13H20.2C2H6/c1-10(2)12-8-7-11-5-3-4-6-13(11)9-12;2*1-2/h5-6,10,12H,3-4,7-9H2,1-2H3;2*1-2H3. The quantitative estimate of drug-likeness (QED) is 0.513. The first-order valence-corrected chi connectivity index (χ1v) is 7.66. The summed E-state index contributed by atoms with van der Waals surface area (Å²) in [5.41, 5.74) is 3.35. The van der Waals surface area contributed by atoms with Crippen LogP contribution in [-0.4, -0.2) is 0 Å². The van der Waals surface area contributed by atoms with Crippen LogP contribution in [0.4, 0.5) is 0 Å². The van der Waals surface area contributed by atoms with E-state index in [4.69, 9.17) is 0 Å². The van der Waals surface area contributed by atoms with Crippen molar-refractivity contribution in [3.63, 3.8) is 0 Å². The number of hydrogen-bond donors (Lipinski definition) is 0. The highest BCUT2D eigenvalue weighted by Gasteiger charge is 2.23. The molecule has 0 heteroatoms. The number of allylic oxidation sites excluding steroid dienone is 4. The summed E-state index contributed by atoms with van der Waals surface area (Å²) in [6.07, 6.45) is 11.6. The zero-order chi connectivity index (χ0) is 13.3. The van der Waals surface area contributed by atoms with Crippen LogP contribution in [0.25, 0.3) is 0 Å². The van der Waals surface area contributed by atoms with Gasteiger partial charge in [0.1, 0.15) is 0 Å². The second-order valence-electron chi connectivity index (χ2n) is 4.78. The first kappa shape index (κ1) is 16.5. The molecule has 0 nitrogen and oxygen atoms in total. The van der Waals surface area contributed by atoms with Gasteiger partial charge >= 0.3 is 0 Å². The molecule has 0 aromatic heterocycles. The van der Waals surface area contributed by atoms with Gasteiger partial charge in [-0.3, -0.25) is 0 Å². The Labute approximate surface area is 109 Å². The normalized spacial score (nSPS) is 22.2. The van der Waals surface area contributed by atoms with Crippen molar-refractivity contribution < 1.29 is 0 Å². The third-order valence-corrected chi connectivity index (χ3v) is 3.57. The van der Waals surface area contributed by atoms with E-state index in [1.54, 1.807) is 11.1 Å². The van der Waals surface area contributed by atoms with Crippen LogP contribution in [0.15, 0.2) is 23.3 Å². The lowest BCUT2D eigenvalue weighted by Crippen LogP contribution is -2.16. The third-order valence-electron chi connectivity index (χ3n) is 3.57. The van der Waals surface area contributed by atoms with Crippen molar-refractivity contribution in [3.8, 4) is 0 Å². The molecule has 0 aromatic carbocycles. The first-order valence-electron chi connectivity index (χ1n) is 7.66. The molecule has 100 valence electrons. The molecule has 2 aliphatic carbocycles. The Bertz CT molecular complexity index is 243. The molecule has 0 saturated heterocycles. The molecule has 0 amide bonds. The lowest BCUT2D eigenvalue weighted by molar-refractivity contribution is 0.340. The van der Waals surface area contributed by atoms with E-state index in [-0.39, 0.29) is 0 Å². The Morgan fingerprint density at radius 3 is 2.00 bits per heavy atom. The average molecular weight is 236 g/mol. The minimum atomic E-state index is 0.865. The van der Waals surface area contributed by atoms with Gasteiger partial charge in [-0.25, -0.2) is 0 Å². The van der Waals surface area contributed by atoms with Gasteiger partial charge in [-0.05, 0) is 55.1 Å². The molecule has 1 atom stereocenters. The van der Waals surface area contributed by atoms with Crippen molar-refractivity contribution in [1.29, 1.82) is 0 Å². The fourth-order valence-corrected chi connectivity index (χ4v) is 2.55. The van der Waals surface area contributed by atoms with Crippen molar-refractivity contribution in [3.05, 3.63) is 23.3 Å². The van der Waals surface area contributed by atoms with Gasteiger partial charge < -0.3 is 0 Å². The Hall–Kier alpha value is -0.520. The topological polar surface area (TPSA) is 0 Å². The van der Waals surface area contributed by atoms with Crippen molar-refractivity contribution in [2.75, 3.05) is 0 Å². The van der Waals surface area contributed by atoms with Crippen LogP contribution < -0.4 is 0 Å². The minimum absolute atomic E-state index is 0.865. The second-order valence-corrected chi connectivity index (χ2v) is 4.78. The van der Waals surface area contributed by atoms with E-state index >= 15 is 0 Å². The van der Waals surface area contributed by atoms with Crippen LogP contribution in [0.1, 0.15) is 73.6 Å². The number of fused-ring (bicyclic) bond motifs is 1. The Kier molecular flexibility index (Phi) is 9.21. The molecular formula is C17H32. The Morgan fingerprint density at radius 2 is 1.47 bits per heavy atom. The first-order chi connectivity index (χ1) is 8.27. The van der Waals surface area contributed by atoms with Crippen LogP contribution in [0.2, 0.25) is 0 Å². The van der Waals surface area contributed by atoms with E-state index in [1.807, 2.05) is 27.7 Å². The molecule has 0 spiro atoms. The molecule has 0 bridgehead atoms. The van der Waals surface area contributed by atoms with Gasteiger partial charge in [0.2, 0.25) is 0 Å². The zero-order valence-corrected chi connectivity index (χ0v) is 12.8. The van der Waals surface area contributed by atoms with Crippen molar-refractivity contribution in [2.24, 2.45) is 11.8 Å². The Balaban J connectivity index is 0.000000581. The largest absolute Gasteiger partial charge is 0.0807 e. The zero-order valence-electron chi connectivity index (χ0n) is 12.8. The number of rotatable bonds is 1. The molecular weight excluding hydrogens is 204 g/mol. The predicted molar refractivity (Wildman–Crippen MR) is 80.3 cm³/mol.